The number of benzene rings is 7. The number of aromatic nitrogens is 6. The van der Waals surface area contributed by atoms with Crippen LogP contribution in [0.15, 0.2) is 170 Å². The van der Waals surface area contributed by atoms with E-state index in [1.54, 1.807) is 13.8 Å². The zero-order valence-electron chi connectivity index (χ0n) is 39.4. The van der Waals surface area contributed by atoms with Crippen molar-refractivity contribution in [1.29, 1.82) is 0 Å². The molecule has 9 aromatic rings. The molecule has 0 fully saturated rings. The zero-order chi connectivity index (χ0) is 46.2. The van der Waals surface area contributed by atoms with Gasteiger partial charge in [-0.2, -0.15) is 19.9 Å². The maximum Gasteiger partial charge on any atom is 0.241 e. The minimum Gasteiger partial charge on any atom is -0.309 e. The van der Waals surface area contributed by atoms with Gasteiger partial charge in [-0.05, 0) is 88.1 Å². The Kier molecular flexibility index (Phi) is 9.60. The Morgan fingerprint density at radius 2 is 0.581 bits per heavy atom. The first kappa shape index (κ1) is 35.0. The maximum absolute atomic E-state index is 9.10. The lowest BCUT2D eigenvalue weighted by Gasteiger charge is -2.32. The number of hydrogen-bond donors (Lipinski definition) is 0. The summed E-state index contributed by atoms with van der Waals surface area (Å²) in [4.78, 5) is 34.4. The number of hydrogen-bond acceptors (Lipinski definition) is 8. The summed E-state index contributed by atoms with van der Waals surface area (Å²) in [7, 11) is 0. The molecule has 0 saturated heterocycles. The lowest BCUT2D eigenvalue weighted by Crippen LogP contribution is -2.19. The Morgan fingerprint density at radius 1 is 0.323 bits per heavy atom. The summed E-state index contributed by atoms with van der Waals surface area (Å²) in [5.41, 5.74) is 9.72. The molecule has 8 nitrogen and oxygen atoms in total. The molecular weight excluding hydrogens is 761 g/mol. The number of rotatable bonds is 10. The minimum atomic E-state index is 0.266. The van der Waals surface area contributed by atoms with Gasteiger partial charge < -0.3 is 4.90 Å². The fourth-order valence-corrected chi connectivity index (χ4v) is 7.89. The molecule has 0 amide bonds. The third kappa shape index (κ3) is 8.06. The molecule has 0 unspecified atom stereocenters. The summed E-state index contributed by atoms with van der Waals surface area (Å²) < 4.78 is 36.4. The molecule has 0 atom stereocenters. The van der Waals surface area contributed by atoms with Gasteiger partial charge in [-0.3, -0.25) is 0 Å². The molecule has 0 bridgehead atoms. The van der Waals surface area contributed by atoms with Crippen LogP contribution in [0.3, 0.4) is 0 Å². The molecule has 7 aromatic carbocycles. The van der Waals surface area contributed by atoms with Crippen molar-refractivity contribution < 1.29 is 5.48 Å². The Bertz CT molecular complexity index is 2880. The van der Waals surface area contributed by atoms with Gasteiger partial charge in [-0.1, -0.05) is 157 Å². The average molecular weight is 811 g/mol. The summed E-state index contributed by atoms with van der Waals surface area (Å²) in [6, 6.07) is 47.9. The average Bonchev–Trinajstić information content (AvgIpc) is 3.37. The van der Waals surface area contributed by atoms with Crippen molar-refractivity contribution in [3.63, 3.8) is 0 Å². The third-order valence-electron chi connectivity index (χ3n) is 10.5. The first-order chi connectivity index (χ1) is 31.9. The smallest absolute Gasteiger partial charge is 0.241 e. The van der Waals surface area contributed by atoms with Crippen LogP contribution in [0, 0.1) is 41.5 Å². The van der Waals surface area contributed by atoms with Crippen LogP contribution in [0.4, 0.5) is 34.6 Å². The first-order valence-corrected chi connectivity index (χ1v) is 20.5. The molecule has 0 N–H and O–H groups in total. The monoisotopic (exact) mass is 810 g/mol. The molecule has 2 heterocycles. The van der Waals surface area contributed by atoms with Crippen molar-refractivity contribution in [2.45, 2.75) is 41.5 Å². The second kappa shape index (κ2) is 17.0. The van der Waals surface area contributed by atoms with Crippen LogP contribution in [0.5, 0.6) is 0 Å². The van der Waals surface area contributed by atoms with Crippen molar-refractivity contribution in [3.8, 4) is 45.6 Å². The van der Waals surface area contributed by atoms with E-state index in [2.05, 4.69) is 0 Å². The predicted molar refractivity (Wildman–Crippen MR) is 253 cm³/mol. The zero-order valence-corrected chi connectivity index (χ0v) is 35.4. The summed E-state index contributed by atoms with van der Waals surface area (Å²) in [5.74, 6) is 2.36. The fraction of sp³-hybridized carbons (Fsp3) is 0.111. The summed E-state index contributed by atoms with van der Waals surface area (Å²) in [6.07, 6.45) is 0. The highest BCUT2D eigenvalue weighted by Gasteiger charge is 2.26. The van der Waals surface area contributed by atoms with Crippen molar-refractivity contribution in [1.82, 2.24) is 29.9 Å². The second-order valence-corrected chi connectivity index (χ2v) is 15.2. The van der Waals surface area contributed by atoms with Crippen molar-refractivity contribution in [2.75, 3.05) is 9.80 Å². The van der Waals surface area contributed by atoms with E-state index >= 15 is 0 Å². The highest BCUT2D eigenvalue weighted by molar-refractivity contribution is 5.85. The molecular formula is C54H46N8. The normalized spacial score (nSPS) is 12.0. The van der Waals surface area contributed by atoms with E-state index in [0.717, 1.165) is 22.3 Å². The molecule has 0 aliphatic heterocycles. The lowest BCUT2D eigenvalue weighted by molar-refractivity contribution is 0.964. The Morgan fingerprint density at radius 3 is 0.855 bits per heavy atom. The standard InChI is InChI=1S/C54H46N8/c1-35-31-37(3)47(38(4)32-35)61(48-39(5)33-36(2)34-40(48)6)45-27-29-46(30-28-45)62(53-57-49(41-19-11-7-12-20-41)55-50(58-53)42-21-13-8-14-22-42)54-59-51(43-23-15-9-16-24-43)56-52(60-54)44-25-17-10-18-26-44/h7-34H,1-6H3/i31D,32D,33D,34D. The van der Waals surface area contributed by atoms with Crippen LogP contribution in [0.1, 0.15) is 38.9 Å². The molecule has 302 valence electrons. The van der Waals surface area contributed by atoms with E-state index in [1.165, 1.54) is 0 Å². The van der Waals surface area contributed by atoms with Gasteiger partial charge in [0.2, 0.25) is 11.9 Å². The van der Waals surface area contributed by atoms with Crippen LogP contribution in [0.2, 0.25) is 0 Å². The third-order valence-corrected chi connectivity index (χ3v) is 10.5. The van der Waals surface area contributed by atoms with Gasteiger partial charge in [0, 0.05) is 27.9 Å². The molecule has 0 saturated carbocycles. The Labute approximate surface area is 369 Å². The van der Waals surface area contributed by atoms with Crippen LogP contribution in [-0.2, 0) is 0 Å². The van der Waals surface area contributed by atoms with Gasteiger partial charge in [-0.25, -0.2) is 14.9 Å². The van der Waals surface area contributed by atoms with Crippen LogP contribution in [-0.4, -0.2) is 29.9 Å². The van der Waals surface area contributed by atoms with E-state index in [4.69, 9.17) is 35.4 Å². The van der Waals surface area contributed by atoms with Gasteiger partial charge in [0.15, 0.2) is 23.3 Å². The number of anilines is 6. The van der Waals surface area contributed by atoms with Crippen LogP contribution < -0.4 is 9.80 Å². The fourth-order valence-electron chi connectivity index (χ4n) is 7.89. The van der Waals surface area contributed by atoms with E-state index in [9.17, 15) is 0 Å². The number of nitrogens with zero attached hydrogens (tertiary/aromatic N) is 8. The van der Waals surface area contributed by atoms with E-state index in [0.29, 0.717) is 79.4 Å². The molecule has 0 aliphatic rings. The molecule has 0 spiro atoms. The summed E-state index contributed by atoms with van der Waals surface area (Å²) in [6.45, 7) is 11.2. The van der Waals surface area contributed by atoms with E-state index in [-0.39, 0.29) is 36.1 Å². The Balaban J connectivity index is 1.32. The lowest BCUT2D eigenvalue weighted by atomic mass is 9.99. The minimum absolute atomic E-state index is 0.266. The van der Waals surface area contributed by atoms with E-state index < -0.39 is 0 Å². The molecule has 9 rings (SSSR count). The molecule has 2 aromatic heterocycles. The topological polar surface area (TPSA) is 83.8 Å². The molecule has 0 aliphatic carbocycles. The highest BCUT2D eigenvalue weighted by Crippen LogP contribution is 2.44. The largest absolute Gasteiger partial charge is 0.309 e. The first-order valence-electron chi connectivity index (χ1n) is 22.5. The summed E-state index contributed by atoms with van der Waals surface area (Å²) in [5, 5.41) is 0. The van der Waals surface area contributed by atoms with Gasteiger partial charge >= 0.3 is 0 Å². The van der Waals surface area contributed by atoms with Gasteiger partial charge in [0.05, 0.1) is 22.5 Å². The van der Waals surface area contributed by atoms with Gasteiger partial charge in [0.1, 0.15) is 0 Å². The van der Waals surface area contributed by atoms with E-state index in [1.807, 2.05) is 183 Å². The quantitative estimate of drug-likeness (QED) is 0.135. The Hall–Kier alpha value is -7.84. The van der Waals surface area contributed by atoms with Gasteiger partial charge in [0.25, 0.3) is 0 Å². The molecule has 62 heavy (non-hydrogen) atoms. The van der Waals surface area contributed by atoms with Crippen LogP contribution >= 0.6 is 0 Å². The van der Waals surface area contributed by atoms with Crippen molar-refractivity contribution in [3.05, 3.63) is 203 Å². The van der Waals surface area contributed by atoms with Gasteiger partial charge in [-0.15, -0.1) is 0 Å². The summed E-state index contributed by atoms with van der Waals surface area (Å²) >= 11 is 0. The predicted octanol–water partition coefficient (Wildman–Crippen LogP) is 13.5. The maximum atomic E-state index is 9.10. The van der Waals surface area contributed by atoms with Crippen LogP contribution in [0.25, 0.3) is 45.6 Å². The molecule has 8 heteroatoms. The van der Waals surface area contributed by atoms with Crippen molar-refractivity contribution in [2.24, 2.45) is 0 Å². The second-order valence-electron chi connectivity index (χ2n) is 15.2. The highest BCUT2D eigenvalue weighted by atomic mass is 15.4. The SMILES string of the molecule is [2H]c1c(C)c([2H])c(C)c(N(c2ccc(N(c3nc(-c4ccccc4)nc(-c4ccccc4)n3)c3nc(-c4ccccc4)nc(-c4ccccc4)n3)cc2)c2c(C)c([2H])c(C)c([2H])c2C)c1C. The molecule has 0 radical (unpaired) electrons. The van der Waals surface area contributed by atoms with Crippen molar-refractivity contribution >= 4 is 34.6 Å².